The molecule has 0 spiro atoms. The average molecular weight is 377 g/mol. The van der Waals surface area contributed by atoms with Gasteiger partial charge in [0.2, 0.25) is 5.88 Å². The molecule has 144 valence electrons. The molecule has 0 bridgehead atoms. The molecule has 0 saturated carbocycles. The second-order valence-electron chi connectivity index (χ2n) is 6.77. The molecule has 1 aromatic heterocycles. The van der Waals surface area contributed by atoms with Crippen LogP contribution in [0.5, 0.6) is 11.6 Å². The van der Waals surface area contributed by atoms with Crippen LogP contribution in [0.1, 0.15) is 30.1 Å². The first-order chi connectivity index (χ1) is 13.8. The molecule has 1 amide bonds. The van der Waals surface area contributed by atoms with Crippen molar-refractivity contribution in [1.82, 2.24) is 14.9 Å². The van der Waals surface area contributed by atoms with Crippen molar-refractivity contribution in [3.63, 3.8) is 0 Å². The number of aromatic nitrogens is 2. The minimum atomic E-state index is -0.0851. The highest BCUT2D eigenvalue weighted by molar-refractivity contribution is 6.09. The van der Waals surface area contributed by atoms with Crippen molar-refractivity contribution in [3.05, 3.63) is 60.6 Å². The second kappa shape index (κ2) is 8.25. The van der Waals surface area contributed by atoms with Crippen LogP contribution >= 0.6 is 0 Å². The summed E-state index contributed by atoms with van der Waals surface area (Å²) < 4.78 is 11.7. The minimum absolute atomic E-state index is 0.0174. The van der Waals surface area contributed by atoms with Crippen LogP contribution in [0.4, 0.5) is 0 Å². The zero-order valence-electron chi connectivity index (χ0n) is 15.9. The van der Waals surface area contributed by atoms with Crippen LogP contribution in [-0.2, 0) is 0 Å². The Morgan fingerprint density at radius 1 is 1.21 bits per heavy atom. The van der Waals surface area contributed by atoms with Gasteiger partial charge in [-0.05, 0) is 36.6 Å². The lowest BCUT2D eigenvalue weighted by Gasteiger charge is -2.33. The predicted octanol–water partition coefficient (Wildman–Crippen LogP) is 3.71. The largest absolute Gasteiger partial charge is 0.493 e. The van der Waals surface area contributed by atoms with Gasteiger partial charge < -0.3 is 14.4 Å². The number of hydrogen-bond donors (Lipinski definition) is 0. The van der Waals surface area contributed by atoms with Gasteiger partial charge in [0.05, 0.1) is 18.7 Å². The molecule has 4 rings (SSSR count). The van der Waals surface area contributed by atoms with Crippen molar-refractivity contribution in [2.45, 2.75) is 25.9 Å². The smallest absolute Gasteiger partial charge is 0.258 e. The van der Waals surface area contributed by atoms with Crippen molar-refractivity contribution in [2.24, 2.45) is 0 Å². The lowest BCUT2D eigenvalue weighted by Crippen LogP contribution is -2.44. The molecule has 6 heteroatoms. The van der Waals surface area contributed by atoms with Crippen molar-refractivity contribution >= 4 is 16.7 Å². The van der Waals surface area contributed by atoms with E-state index in [2.05, 4.69) is 9.97 Å². The topological polar surface area (TPSA) is 64.5 Å². The number of carbonyl (C=O) groups is 1. The molecule has 28 heavy (non-hydrogen) atoms. The van der Waals surface area contributed by atoms with Gasteiger partial charge in [-0.2, -0.15) is 0 Å². The van der Waals surface area contributed by atoms with Gasteiger partial charge in [-0.3, -0.25) is 4.79 Å². The van der Waals surface area contributed by atoms with Gasteiger partial charge >= 0.3 is 0 Å². The average Bonchev–Trinajstić information content (AvgIpc) is 2.74. The van der Waals surface area contributed by atoms with Crippen molar-refractivity contribution in [2.75, 3.05) is 19.7 Å². The predicted molar refractivity (Wildman–Crippen MR) is 107 cm³/mol. The van der Waals surface area contributed by atoms with Gasteiger partial charge in [0.1, 0.15) is 18.2 Å². The van der Waals surface area contributed by atoms with Gasteiger partial charge in [-0.15, -0.1) is 0 Å². The van der Waals surface area contributed by atoms with E-state index in [9.17, 15) is 4.79 Å². The molecular weight excluding hydrogens is 354 g/mol. The molecule has 1 unspecified atom stereocenters. The monoisotopic (exact) mass is 377 g/mol. The number of ether oxygens (including phenoxy) is 2. The summed E-state index contributed by atoms with van der Waals surface area (Å²) in [4.78, 5) is 23.4. The first-order valence-corrected chi connectivity index (χ1v) is 9.62. The molecule has 1 atom stereocenters. The van der Waals surface area contributed by atoms with Crippen molar-refractivity contribution < 1.29 is 14.3 Å². The number of rotatable bonds is 5. The van der Waals surface area contributed by atoms with Gasteiger partial charge in [0.15, 0.2) is 0 Å². The fourth-order valence-corrected chi connectivity index (χ4v) is 3.64. The maximum Gasteiger partial charge on any atom is 0.258 e. The molecule has 1 saturated heterocycles. The van der Waals surface area contributed by atoms with Gasteiger partial charge in [0.25, 0.3) is 5.91 Å². The van der Waals surface area contributed by atoms with E-state index in [1.165, 1.54) is 6.33 Å². The number of fused-ring (bicyclic) bond motifs is 1. The van der Waals surface area contributed by atoms with Gasteiger partial charge in [0, 0.05) is 18.8 Å². The summed E-state index contributed by atoms with van der Waals surface area (Å²) in [6.45, 7) is 3.67. The van der Waals surface area contributed by atoms with E-state index >= 15 is 0 Å². The number of hydrogen-bond acceptors (Lipinski definition) is 5. The number of amides is 1. The minimum Gasteiger partial charge on any atom is -0.493 e. The summed E-state index contributed by atoms with van der Waals surface area (Å²) >= 11 is 0. The summed E-state index contributed by atoms with van der Waals surface area (Å²) in [6, 6.07) is 13.5. The van der Waals surface area contributed by atoms with Crippen molar-refractivity contribution in [3.8, 4) is 11.6 Å². The molecule has 0 N–H and O–H groups in total. The third kappa shape index (κ3) is 3.76. The SMILES string of the molecule is CCOc1ccc2ccccc2c1C(=O)N1CCCC(Oc2ccncn2)C1. The lowest BCUT2D eigenvalue weighted by molar-refractivity contribution is 0.0526. The quantitative estimate of drug-likeness (QED) is 0.678. The molecule has 6 nitrogen and oxygen atoms in total. The second-order valence-corrected chi connectivity index (χ2v) is 6.77. The highest BCUT2D eigenvalue weighted by Crippen LogP contribution is 2.30. The summed E-state index contributed by atoms with van der Waals surface area (Å²) in [6.07, 6.45) is 4.81. The summed E-state index contributed by atoms with van der Waals surface area (Å²) in [5.74, 6) is 1.15. The van der Waals surface area contributed by atoms with E-state index in [0.29, 0.717) is 36.9 Å². The maximum atomic E-state index is 13.5. The molecule has 2 heterocycles. The van der Waals surface area contributed by atoms with Crippen LogP contribution in [0.2, 0.25) is 0 Å². The Bertz CT molecular complexity index is 962. The fraction of sp³-hybridized carbons (Fsp3) is 0.318. The molecule has 1 fully saturated rings. The number of nitrogens with zero attached hydrogens (tertiary/aromatic N) is 3. The van der Waals surface area contributed by atoms with Crippen LogP contribution in [-0.4, -0.2) is 46.6 Å². The summed E-state index contributed by atoms with van der Waals surface area (Å²) in [5, 5.41) is 1.94. The first kappa shape index (κ1) is 18.2. The Kier molecular flexibility index (Phi) is 5.37. The highest BCUT2D eigenvalue weighted by atomic mass is 16.5. The number of benzene rings is 2. The lowest BCUT2D eigenvalue weighted by atomic mass is 10.0. The van der Waals surface area contributed by atoms with E-state index < -0.39 is 0 Å². The van der Waals surface area contributed by atoms with Crippen molar-refractivity contribution in [1.29, 1.82) is 0 Å². The van der Waals surface area contributed by atoms with Crippen LogP contribution in [0.25, 0.3) is 10.8 Å². The zero-order chi connectivity index (χ0) is 19.3. The molecule has 3 aromatic rings. The Labute approximate surface area is 164 Å². The normalized spacial score (nSPS) is 16.8. The van der Waals surface area contributed by atoms with E-state index in [4.69, 9.17) is 9.47 Å². The van der Waals surface area contributed by atoms with Gasteiger partial charge in [-0.25, -0.2) is 9.97 Å². The summed E-state index contributed by atoms with van der Waals surface area (Å²) in [5.41, 5.74) is 0.627. The van der Waals surface area contributed by atoms with E-state index in [1.807, 2.05) is 48.2 Å². The zero-order valence-corrected chi connectivity index (χ0v) is 15.9. The Hall–Kier alpha value is -3.15. The Morgan fingerprint density at radius 2 is 2.11 bits per heavy atom. The molecule has 1 aliphatic rings. The van der Waals surface area contributed by atoms with E-state index in [0.717, 1.165) is 23.6 Å². The maximum absolute atomic E-state index is 13.5. The molecule has 2 aromatic carbocycles. The molecule has 1 aliphatic heterocycles. The van der Waals surface area contributed by atoms with E-state index in [-0.39, 0.29) is 12.0 Å². The molecular formula is C22H23N3O3. The first-order valence-electron chi connectivity index (χ1n) is 9.62. The third-order valence-electron chi connectivity index (χ3n) is 4.91. The summed E-state index contributed by atoms with van der Waals surface area (Å²) in [7, 11) is 0. The number of carbonyl (C=O) groups excluding carboxylic acids is 1. The molecule has 0 aliphatic carbocycles. The standard InChI is InChI=1S/C22H23N3O3/c1-2-27-19-10-9-16-6-3-4-8-18(16)21(19)22(26)25-13-5-7-17(14-25)28-20-11-12-23-15-24-20/h3-4,6,8-12,15,17H,2,5,7,13-14H2,1H3. The van der Waals surface area contributed by atoms with Crippen LogP contribution in [0, 0.1) is 0 Å². The Morgan fingerprint density at radius 3 is 2.93 bits per heavy atom. The highest BCUT2D eigenvalue weighted by Gasteiger charge is 2.28. The van der Waals surface area contributed by atoms with E-state index in [1.54, 1.807) is 12.3 Å². The Balaban J connectivity index is 1.60. The fourth-order valence-electron chi connectivity index (χ4n) is 3.64. The van der Waals surface area contributed by atoms with Crippen LogP contribution in [0.3, 0.4) is 0 Å². The molecule has 0 radical (unpaired) electrons. The third-order valence-corrected chi connectivity index (χ3v) is 4.91. The number of piperidine rings is 1. The van der Waals surface area contributed by atoms with Crippen LogP contribution in [0.15, 0.2) is 55.0 Å². The van der Waals surface area contributed by atoms with Crippen LogP contribution < -0.4 is 9.47 Å². The van der Waals surface area contributed by atoms with Gasteiger partial charge in [-0.1, -0.05) is 30.3 Å². The number of likely N-dealkylation sites (tertiary alicyclic amines) is 1.